The zero-order valence-electron chi connectivity index (χ0n) is 17.7. The molecular formula is C25H25ClFNO2S. The fraction of sp³-hybridized carbons (Fsp3) is 0.200. The lowest BCUT2D eigenvalue weighted by atomic mass is 9.88. The highest BCUT2D eigenvalue weighted by molar-refractivity contribution is 8.33. The van der Waals surface area contributed by atoms with Crippen LogP contribution < -0.4 is 9.46 Å². The van der Waals surface area contributed by atoms with Crippen LogP contribution in [0.5, 0.6) is 5.75 Å². The molecule has 2 N–H and O–H groups in total. The quantitative estimate of drug-likeness (QED) is 0.458. The summed E-state index contributed by atoms with van der Waals surface area (Å²) in [7, 11) is -1.34. The van der Waals surface area contributed by atoms with E-state index in [0.29, 0.717) is 17.4 Å². The summed E-state index contributed by atoms with van der Waals surface area (Å²) in [5, 5.41) is 10.3. The number of halogens is 2. The van der Waals surface area contributed by atoms with Crippen molar-refractivity contribution in [1.82, 2.24) is 0 Å². The summed E-state index contributed by atoms with van der Waals surface area (Å²) < 4.78 is 23.4. The van der Waals surface area contributed by atoms with E-state index in [-0.39, 0.29) is 11.8 Å². The maximum Gasteiger partial charge on any atom is 0.130 e. The van der Waals surface area contributed by atoms with E-state index < -0.39 is 10.2 Å². The van der Waals surface area contributed by atoms with Gasteiger partial charge in [-0.05, 0) is 83.7 Å². The number of nitrogens with one attached hydrogen (secondary N) is 1. The molecule has 1 aliphatic heterocycles. The topological polar surface area (TPSA) is 41.5 Å². The van der Waals surface area contributed by atoms with Crippen LogP contribution in [0.1, 0.15) is 29.2 Å². The predicted octanol–water partition coefficient (Wildman–Crippen LogP) is 6.69. The third kappa shape index (κ3) is 4.59. The van der Waals surface area contributed by atoms with Gasteiger partial charge in [-0.2, -0.15) is 10.2 Å². The fourth-order valence-corrected chi connectivity index (χ4v) is 4.79. The van der Waals surface area contributed by atoms with Crippen LogP contribution in [0.3, 0.4) is 0 Å². The maximum absolute atomic E-state index is 14.0. The van der Waals surface area contributed by atoms with E-state index in [0.717, 1.165) is 39.1 Å². The number of anilines is 1. The second-order valence-electron chi connectivity index (χ2n) is 8.08. The third-order valence-corrected chi connectivity index (χ3v) is 6.99. The highest BCUT2D eigenvalue weighted by atomic mass is 35.5. The van der Waals surface area contributed by atoms with Gasteiger partial charge < -0.3 is 14.6 Å². The standard InChI is InChI=1S/C25H25ClFNO2S/c1-16(17-5-4-6-21(12-17)28-31(2,3)15-29)25-22-9-7-19(26)11-18(22)14-30-24-13-20(27)8-10-23(24)25/h4-13,28-29H,14-15H2,1-3H3/b25-16+. The summed E-state index contributed by atoms with van der Waals surface area (Å²) >= 11 is 6.25. The molecule has 0 unspecified atom stereocenters. The average molecular weight is 458 g/mol. The van der Waals surface area contributed by atoms with Crippen molar-refractivity contribution < 1.29 is 14.2 Å². The Hall–Kier alpha value is -2.47. The van der Waals surface area contributed by atoms with Gasteiger partial charge in [0.05, 0.1) is 5.94 Å². The van der Waals surface area contributed by atoms with Crippen LogP contribution in [0, 0.1) is 5.82 Å². The number of rotatable bonds is 4. The molecule has 3 nitrogen and oxygen atoms in total. The lowest BCUT2D eigenvalue weighted by Gasteiger charge is -2.31. The Balaban J connectivity index is 1.91. The summed E-state index contributed by atoms with van der Waals surface area (Å²) in [6, 6.07) is 18.6. The van der Waals surface area contributed by atoms with Crippen LogP contribution in [-0.2, 0) is 6.61 Å². The van der Waals surface area contributed by atoms with Gasteiger partial charge in [-0.1, -0.05) is 29.8 Å². The van der Waals surface area contributed by atoms with Crippen molar-refractivity contribution in [2.75, 3.05) is 23.2 Å². The SMILES string of the molecule is C/C(=C1/c2ccc(Cl)cc2COc2cc(F)ccc21)c1cccc(NS(C)(C)CO)c1. The second kappa shape index (κ2) is 8.58. The van der Waals surface area contributed by atoms with Crippen LogP contribution in [0.2, 0.25) is 5.02 Å². The first-order valence-electron chi connectivity index (χ1n) is 9.90. The summed E-state index contributed by atoms with van der Waals surface area (Å²) in [6.07, 6.45) is 4.05. The van der Waals surface area contributed by atoms with Crippen molar-refractivity contribution in [1.29, 1.82) is 0 Å². The molecule has 4 rings (SSSR count). The molecular weight excluding hydrogens is 433 g/mol. The summed E-state index contributed by atoms with van der Waals surface area (Å²) in [4.78, 5) is 0. The molecule has 0 amide bonds. The molecule has 0 atom stereocenters. The van der Waals surface area contributed by atoms with E-state index in [1.165, 1.54) is 12.1 Å². The first kappa shape index (κ1) is 21.8. The van der Waals surface area contributed by atoms with Gasteiger partial charge in [0.15, 0.2) is 0 Å². The molecule has 0 aliphatic carbocycles. The fourth-order valence-electron chi connectivity index (χ4n) is 3.76. The van der Waals surface area contributed by atoms with Crippen molar-refractivity contribution >= 4 is 38.6 Å². The molecule has 3 aromatic carbocycles. The molecule has 6 heteroatoms. The highest BCUT2D eigenvalue weighted by Crippen LogP contribution is 2.43. The van der Waals surface area contributed by atoms with Crippen LogP contribution >= 0.6 is 21.8 Å². The molecule has 0 fully saturated rings. The van der Waals surface area contributed by atoms with E-state index in [2.05, 4.69) is 23.8 Å². The van der Waals surface area contributed by atoms with Gasteiger partial charge in [-0.25, -0.2) is 4.39 Å². The number of benzene rings is 3. The second-order valence-corrected chi connectivity index (χ2v) is 12.1. The summed E-state index contributed by atoms with van der Waals surface area (Å²) in [5.74, 6) is 0.281. The first-order valence-corrected chi connectivity index (χ1v) is 12.9. The Bertz CT molecular complexity index is 1120. The minimum atomic E-state index is -1.34. The van der Waals surface area contributed by atoms with Gasteiger partial charge in [0.1, 0.15) is 18.2 Å². The van der Waals surface area contributed by atoms with E-state index in [1.54, 1.807) is 6.07 Å². The highest BCUT2D eigenvalue weighted by Gasteiger charge is 2.23. The van der Waals surface area contributed by atoms with Gasteiger partial charge in [-0.3, -0.25) is 0 Å². The number of aliphatic hydroxyl groups is 1. The van der Waals surface area contributed by atoms with Gasteiger partial charge in [0.25, 0.3) is 0 Å². The Morgan fingerprint density at radius 2 is 1.87 bits per heavy atom. The van der Waals surface area contributed by atoms with Crippen molar-refractivity contribution in [2.24, 2.45) is 0 Å². The predicted molar refractivity (Wildman–Crippen MR) is 130 cm³/mol. The number of ether oxygens (including phenoxy) is 1. The number of hydrogen-bond acceptors (Lipinski definition) is 3. The van der Waals surface area contributed by atoms with Crippen molar-refractivity contribution in [3.63, 3.8) is 0 Å². The maximum atomic E-state index is 14.0. The molecule has 162 valence electrons. The summed E-state index contributed by atoms with van der Waals surface area (Å²) in [6.45, 7) is 2.38. The number of fused-ring (bicyclic) bond motifs is 2. The van der Waals surface area contributed by atoms with Crippen LogP contribution in [0.15, 0.2) is 60.7 Å². The number of aliphatic hydroxyl groups excluding tert-OH is 1. The molecule has 0 bridgehead atoms. The number of allylic oxidation sites excluding steroid dienone is 1. The van der Waals surface area contributed by atoms with Gasteiger partial charge >= 0.3 is 0 Å². The smallest absolute Gasteiger partial charge is 0.130 e. The largest absolute Gasteiger partial charge is 0.488 e. The zero-order valence-corrected chi connectivity index (χ0v) is 19.3. The molecule has 31 heavy (non-hydrogen) atoms. The third-order valence-electron chi connectivity index (χ3n) is 5.32. The molecule has 1 heterocycles. The van der Waals surface area contributed by atoms with Crippen LogP contribution in [-0.4, -0.2) is 23.6 Å². The van der Waals surface area contributed by atoms with E-state index in [9.17, 15) is 9.50 Å². The minimum Gasteiger partial charge on any atom is -0.488 e. The Morgan fingerprint density at radius 3 is 2.65 bits per heavy atom. The monoisotopic (exact) mass is 457 g/mol. The Labute approximate surface area is 189 Å². The van der Waals surface area contributed by atoms with E-state index in [4.69, 9.17) is 16.3 Å². The molecule has 0 saturated heterocycles. The van der Waals surface area contributed by atoms with Gasteiger partial charge in [0, 0.05) is 22.3 Å². The summed E-state index contributed by atoms with van der Waals surface area (Å²) in [5.41, 5.74) is 6.84. The zero-order chi connectivity index (χ0) is 22.2. The normalized spacial score (nSPS) is 15.3. The molecule has 0 spiro atoms. The molecule has 0 aromatic heterocycles. The lowest BCUT2D eigenvalue weighted by molar-refractivity contribution is 0.305. The Kier molecular flexibility index (Phi) is 6.02. The van der Waals surface area contributed by atoms with Crippen LogP contribution in [0.4, 0.5) is 10.1 Å². The van der Waals surface area contributed by atoms with E-state index in [1.807, 2.05) is 42.8 Å². The van der Waals surface area contributed by atoms with Gasteiger partial charge in [0.2, 0.25) is 0 Å². The van der Waals surface area contributed by atoms with Crippen LogP contribution in [0.25, 0.3) is 11.1 Å². The first-order chi connectivity index (χ1) is 14.8. The average Bonchev–Trinajstić information content (AvgIpc) is 2.89. The molecule has 0 saturated carbocycles. The lowest BCUT2D eigenvalue weighted by Crippen LogP contribution is -2.11. The van der Waals surface area contributed by atoms with Gasteiger partial charge in [-0.15, -0.1) is 0 Å². The molecule has 0 radical (unpaired) electrons. The number of hydrogen-bond donors (Lipinski definition) is 2. The van der Waals surface area contributed by atoms with Crippen molar-refractivity contribution in [3.05, 3.63) is 93.8 Å². The minimum absolute atomic E-state index is 0.0989. The van der Waals surface area contributed by atoms with Crippen molar-refractivity contribution in [3.8, 4) is 5.75 Å². The molecule has 1 aliphatic rings. The van der Waals surface area contributed by atoms with Crippen molar-refractivity contribution in [2.45, 2.75) is 13.5 Å². The van der Waals surface area contributed by atoms with E-state index >= 15 is 0 Å². The Morgan fingerprint density at radius 1 is 1.10 bits per heavy atom. The molecule has 3 aromatic rings.